The van der Waals surface area contributed by atoms with E-state index >= 15 is 0 Å². The van der Waals surface area contributed by atoms with Crippen molar-refractivity contribution in [2.24, 2.45) is 5.92 Å². The molecule has 3 atom stereocenters. The maximum absolute atomic E-state index is 13.1. The number of likely N-dealkylation sites (N-methyl/N-ethyl adjacent to an activating group) is 1. The summed E-state index contributed by atoms with van der Waals surface area (Å²) in [5.41, 5.74) is 1.09. The molecule has 8 nitrogen and oxygen atoms in total. The van der Waals surface area contributed by atoms with Crippen LogP contribution < -0.4 is 10.1 Å². The number of urea groups is 1. The second-order valence-corrected chi connectivity index (χ2v) is 8.82. The van der Waals surface area contributed by atoms with Crippen LogP contribution in [0.25, 0.3) is 10.8 Å². The van der Waals surface area contributed by atoms with Gasteiger partial charge in [0.05, 0.1) is 24.9 Å². The molecule has 4 rings (SSSR count). The summed E-state index contributed by atoms with van der Waals surface area (Å²) in [5, 5.41) is 14.7. The van der Waals surface area contributed by atoms with Crippen molar-refractivity contribution < 1.29 is 19.4 Å². The summed E-state index contributed by atoms with van der Waals surface area (Å²) in [6.45, 7) is 4.32. The Bertz CT molecular complexity index is 1180. The number of nitrogens with zero attached hydrogens (tertiary/aromatic N) is 3. The Kier molecular flexibility index (Phi) is 6.98. The van der Waals surface area contributed by atoms with Crippen LogP contribution in [0.1, 0.15) is 24.2 Å². The number of aliphatic hydroxyl groups is 1. The molecular formula is C26H30N4O4. The van der Waals surface area contributed by atoms with Gasteiger partial charge in [-0.3, -0.25) is 4.79 Å². The van der Waals surface area contributed by atoms with E-state index < -0.39 is 6.10 Å². The average Bonchev–Trinajstić information content (AvgIpc) is 2.85. The summed E-state index contributed by atoms with van der Waals surface area (Å²) in [5.74, 6) is -0.0973. The number of benzene rings is 2. The van der Waals surface area contributed by atoms with E-state index in [2.05, 4.69) is 10.3 Å². The van der Waals surface area contributed by atoms with E-state index in [9.17, 15) is 14.7 Å². The highest BCUT2D eigenvalue weighted by molar-refractivity contribution is 6.01. The molecule has 2 heterocycles. The molecular weight excluding hydrogens is 432 g/mol. The second-order valence-electron chi connectivity index (χ2n) is 8.82. The van der Waals surface area contributed by atoms with E-state index in [1.165, 1.54) is 0 Å². The minimum Gasteiger partial charge on any atom is -0.472 e. The Morgan fingerprint density at radius 3 is 2.79 bits per heavy atom. The minimum absolute atomic E-state index is 0.110. The smallest absolute Gasteiger partial charge is 0.321 e. The van der Waals surface area contributed by atoms with Gasteiger partial charge in [-0.1, -0.05) is 43.3 Å². The Labute approximate surface area is 199 Å². The first-order valence-electron chi connectivity index (χ1n) is 11.4. The fourth-order valence-corrected chi connectivity index (χ4v) is 4.17. The predicted molar refractivity (Wildman–Crippen MR) is 131 cm³/mol. The molecule has 2 N–H and O–H groups in total. The average molecular weight is 463 g/mol. The van der Waals surface area contributed by atoms with E-state index in [1.54, 1.807) is 35.2 Å². The summed E-state index contributed by atoms with van der Waals surface area (Å²) in [4.78, 5) is 33.7. The van der Waals surface area contributed by atoms with Crippen molar-refractivity contribution in [1.82, 2.24) is 14.8 Å². The van der Waals surface area contributed by atoms with Crippen LogP contribution >= 0.6 is 0 Å². The number of pyridine rings is 1. The van der Waals surface area contributed by atoms with E-state index in [-0.39, 0.29) is 36.4 Å². The lowest BCUT2D eigenvalue weighted by atomic mass is 10.0. The van der Waals surface area contributed by atoms with Gasteiger partial charge >= 0.3 is 6.03 Å². The summed E-state index contributed by atoms with van der Waals surface area (Å²) < 4.78 is 6.18. The fraction of sp³-hybridized carbons (Fsp3) is 0.346. The molecule has 1 aliphatic rings. The van der Waals surface area contributed by atoms with Gasteiger partial charge in [0.2, 0.25) is 5.88 Å². The Morgan fingerprint density at radius 1 is 1.24 bits per heavy atom. The maximum atomic E-state index is 13.1. The number of carbonyl (C=O) groups is 2. The van der Waals surface area contributed by atoms with Gasteiger partial charge in [0, 0.05) is 31.1 Å². The zero-order valence-corrected chi connectivity index (χ0v) is 19.6. The Morgan fingerprint density at radius 2 is 2.00 bits per heavy atom. The molecule has 0 saturated carbocycles. The number of aromatic nitrogens is 1. The van der Waals surface area contributed by atoms with Crippen LogP contribution in [0, 0.1) is 5.92 Å². The number of aliphatic hydroxyl groups excluding tert-OH is 1. The second kappa shape index (κ2) is 10.1. The molecule has 8 heteroatoms. The number of amides is 3. The molecule has 0 unspecified atom stereocenters. The monoisotopic (exact) mass is 462 g/mol. The zero-order valence-electron chi connectivity index (χ0n) is 19.6. The van der Waals surface area contributed by atoms with Gasteiger partial charge in [0.1, 0.15) is 11.7 Å². The molecule has 3 aromatic rings. The molecule has 2 aromatic carbocycles. The third kappa shape index (κ3) is 4.82. The van der Waals surface area contributed by atoms with Crippen LogP contribution in [0.2, 0.25) is 0 Å². The van der Waals surface area contributed by atoms with Crippen molar-refractivity contribution in [3.8, 4) is 5.88 Å². The topological polar surface area (TPSA) is 95.0 Å². The van der Waals surface area contributed by atoms with Gasteiger partial charge < -0.3 is 25.0 Å². The Hall–Kier alpha value is -3.65. The van der Waals surface area contributed by atoms with Crippen LogP contribution in [0.5, 0.6) is 5.88 Å². The lowest BCUT2D eigenvalue weighted by molar-refractivity contribution is 0.0356. The quantitative estimate of drug-likeness (QED) is 0.604. The molecule has 178 valence electrons. The highest BCUT2D eigenvalue weighted by Gasteiger charge is 2.34. The molecule has 0 spiro atoms. The van der Waals surface area contributed by atoms with Crippen molar-refractivity contribution in [2.45, 2.75) is 26.0 Å². The first kappa shape index (κ1) is 23.5. The van der Waals surface area contributed by atoms with Gasteiger partial charge in [0.25, 0.3) is 5.91 Å². The van der Waals surface area contributed by atoms with Crippen molar-refractivity contribution in [3.63, 3.8) is 0 Å². The number of anilines is 1. The third-order valence-corrected chi connectivity index (χ3v) is 6.27. The molecule has 3 amide bonds. The Balaban J connectivity index is 1.54. The highest BCUT2D eigenvalue weighted by atomic mass is 16.5. The number of ether oxygens (including phenoxy) is 1. The zero-order chi connectivity index (χ0) is 24.2. The SMILES string of the molecule is C[C@H](CO)N1C[C@H](C)[C@H](CN(C)C(=O)Nc2cccc3ccccc23)Oc2ncccc2C1=O. The van der Waals surface area contributed by atoms with Crippen LogP contribution in [0.15, 0.2) is 60.8 Å². The van der Waals surface area contributed by atoms with Gasteiger partial charge in [-0.2, -0.15) is 0 Å². The molecule has 1 aliphatic heterocycles. The van der Waals surface area contributed by atoms with Crippen LogP contribution in [0.4, 0.5) is 10.5 Å². The van der Waals surface area contributed by atoms with Crippen LogP contribution in [0.3, 0.4) is 0 Å². The number of hydrogen-bond acceptors (Lipinski definition) is 5. The van der Waals surface area contributed by atoms with Gasteiger partial charge in [-0.25, -0.2) is 9.78 Å². The summed E-state index contributed by atoms with van der Waals surface area (Å²) in [6, 6.07) is 16.4. The number of fused-ring (bicyclic) bond motifs is 2. The van der Waals surface area contributed by atoms with Crippen molar-refractivity contribution in [3.05, 3.63) is 66.4 Å². The van der Waals surface area contributed by atoms with E-state index in [4.69, 9.17) is 4.74 Å². The van der Waals surface area contributed by atoms with Gasteiger partial charge in [0.15, 0.2) is 0 Å². The first-order chi connectivity index (χ1) is 16.4. The molecule has 0 aliphatic carbocycles. The molecule has 0 fully saturated rings. The largest absolute Gasteiger partial charge is 0.472 e. The van der Waals surface area contributed by atoms with E-state index in [0.29, 0.717) is 18.7 Å². The minimum atomic E-state index is -0.404. The van der Waals surface area contributed by atoms with Gasteiger partial charge in [-0.05, 0) is 30.5 Å². The lowest BCUT2D eigenvalue weighted by Crippen LogP contribution is -2.50. The van der Waals surface area contributed by atoms with E-state index in [0.717, 1.165) is 16.5 Å². The van der Waals surface area contributed by atoms with Crippen molar-refractivity contribution >= 4 is 28.4 Å². The maximum Gasteiger partial charge on any atom is 0.321 e. The van der Waals surface area contributed by atoms with Crippen LogP contribution in [-0.2, 0) is 0 Å². The van der Waals surface area contributed by atoms with Crippen LogP contribution in [-0.4, -0.2) is 70.7 Å². The molecule has 0 radical (unpaired) electrons. The summed E-state index contributed by atoms with van der Waals surface area (Å²) in [7, 11) is 1.72. The fourth-order valence-electron chi connectivity index (χ4n) is 4.17. The first-order valence-corrected chi connectivity index (χ1v) is 11.4. The molecule has 0 saturated heterocycles. The predicted octanol–water partition coefficient (Wildman–Crippen LogP) is 3.62. The third-order valence-electron chi connectivity index (χ3n) is 6.27. The van der Waals surface area contributed by atoms with Gasteiger partial charge in [-0.15, -0.1) is 0 Å². The van der Waals surface area contributed by atoms with Crippen molar-refractivity contribution in [2.75, 3.05) is 32.1 Å². The number of rotatable bonds is 5. The highest BCUT2D eigenvalue weighted by Crippen LogP contribution is 2.27. The lowest BCUT2D eigenvalue weighted by Gasteiger charge is -2.37. The standard InChI is InChI=1S/C26H30N4O4/c1-17-14-30(18(2)16-31)25(32)21-11-7-13-27-24(21)34-23(17)15-29(3)26(33)28-22-12-6-9-19-8-4-5-10-20(19)22/h4-13,17-18,23,31H,14-16H2,1-3H3,(H,28,33)/t17-,18+,23-/m0/s1. The summed E-state index contributed by atoms with van der Waals surface area (Å²) >= 11 is 0. The molecule has 34 heavy (non-hydrogen) atoms. The number of carbonyl (C=O) groups excluding carboxylic acids is 2. The van der Waals surface area contributed by atoms with E-state index in [1.807, 2.05) is 56.3 Å². The number of nitrogens with one attached hydrogen (secondary N) is 1. The summed E-state index contributed by atoms with van der Waals surface area (Å²) in [6.07, 6.45) is 1.17. The normalized spacial score (nSPS) is 18.9. The number of hydrogen-bond donors (Lipinski definition) is 2. The molecule has 0 bridgehead atoms. The molecule has 1 aromatic heterocycles. The van der Waals surface area contributed by atoms with Crippen molar-refractivity contribution in [1.29, 1.82) is 0 Å².